The molecule has 2 aromatic rings. The van der Waals surface area contributed by atoms with Crippen molar-refractivity contribution >= 4 is 16.7 Å². The van der Waals surface area contributed by atoms with Gasteiger partial charge < -0.3 is 20.4 Å². The number of nitrogen functional groups attached to an aromatic ring is 1. The Morgan fingerprint density at radius 1 is 1.50 bits per heavy atom. The molecule has 3 rings (SSSR count). The summed E-state index contributed by atoms with van der Waals surface area (Å²) in [6.45, 7) is 4.23. The van der Waals surface area contributed by atoms with Crippen LogP contribution in [0.3, 0.4) is 0 Å². The minimum Gasteiger partial charge on any atom is -0.399 e. The Balaban J connectivity index is 1.57. The van der Waals surface area contributed by atoms with Gasteiger partial charge in [0.1, 0.15) is 5.82 Å². The molecule has 1 aliphatic heterocycles. The maximum atomic E-state index is 5.78. The minimum atomic E-state index is 0.690. The number of nitrogens with two attached hydrogens (primary N) is 1. The summed E-state index contributed by atoms with van der Waals surface area (Å²) in [5.41, 5.74) is 8.58. The van der Waals surface area contributed by atoms with Crippen molar-refractivity contribution < 1.29 is 4.74 Å². The first-order chi connectivity index (χ1) is 9.74. The zero-order valence-electron chi connectivity index (χ0n) is 11.9. The highest BCUT2D eigenvalue weighted by atomic mass is 16.5. The number of ether oxygens (including phenoxy) is 1. The minimum absolute atomic E-state index is 0.690. The molecule has 20 heavy (non-hydrogen) atoms. The van der Waals surface area contributed by atoms with Crippen molar-refractivity contribution in [3.05, 3.63) is 24.0 Å². The molecule has 1 atom stereocenters. The number of imidazole rings is 1. The Morgan fingerprint density at radius 3 is 3.25 bits per heavy atom. The molecule has 1 aliphatic rings. The van der Waals surface area contributed by atoms with Gasteiger partial charge in [-0.15, -0.1) is 0 Å². The molecular formula is C15H22N4O. The molecule has 1 fully saturated rings. The van der Waals surface area contributed by atoms with Gasteiger partial charge in [0, 0.05) is 32.3 Å². The zero-order chi connectivity index (χ0) is 13.9. The topological polar surface area (TPSA) is 67.2 Å². The van der Waals surface area contributed by atoms with Crippen LogP contribution < -0.4 is 5.73 Å². The van der Waals surface area contributed by atoms with Crippen LogP contribution >= 0.6 is 0 Å². The lowest BCUT2D eigenvalue weighted by Crippen LogP contribution is -2.24. The number of fused-ring (bicyclic) bond motifs is 1. The third-order valence-corrected chi connectivity index (χ3v) is 3.99. The monoisotopic (exact) mass is 274 g/mol. The predicted octanol–water partition coefficient (Wildman–Crippen LogP) is 1.66. The Kier molecular flexibility index (Phi) is 3.89. The number of nitrogens with one attached hydrogen (secondary N) is 1. The van der Waals surface area contributed by atoms with E-state index in [1.165, 1.54) is 13.0 Å². The van der Waals surface area contributed by atoms with E-state index in [2.05, 4.69) is 14.9 Å². The number of aromatic nitrogens is 2. The number of anilines is 1. The lowest BCUT2D eigenvalue weighted by molar-refractivity contribution is 0.153. The fourth-order valence-corrected chi connectivity index (χ4v) is 2.95. The highest BCUT2D eigenvalue weighted by molar-refractivity contribution is 5.78. The SMILES string of the molecule is COCC1CCN(CCc2nc3ccc(N)cc3[nH]2)C1. The van der Waals surface area contributed by atoms with E-state index in [1.54, 1.807) is 7.11 Å². The van der Waals surface area contributed by atoms with E-state index in [1.807, 2.05) is 18.2 Å². The summed E-state index contributed by atoms with van der Waals surface area (Å²) < 4.78 is 5.23. The number of methoxy groups -OCH3 is 1. The average molecular weight is 274 g/mol. The maximum absolute atomic E-state index is 5.78. The molecule has 5 nitrogen and oxygen atoms in total. The number of H-pyrrole nitrogens is 1. The Labute approximate surface area is 119 Å². The highest BCUT2D eigenvalue weighted by Gasteiger charge is 2.22. The number of nitrogens with zero attached hydrogens (tertiary/aromatic N) is 2. The summed E-state index contributed by atoms with van der Waals surface area (Å²) in [6, 6.07) is 5.80. The van der Waals surface area contributed by atoms with Crippen molar-refractivity contribution in [3.8, 4) is 0 Å². The molecule has 0 bridgehead atoms. The molecule has 1 aromatic heterocycles. The number of rotatable bonds is 5. The number of hydrogen-bond donors (Lipinski definition) is 2. The Hall–Kier alpha value is -1.59. The number of likely N-dealkylation sites (tertiary alicyclic amines) is 1. The van der Waals surface area contributed by atoms with Crippen LogP contribution in [0.4, 0.5) is 5.69 Å². The van der Waals surface area contributed by atoms with E-state index in [4.69, 9.17) is 10.5 Å². The molecule has 0 saturated carbocycles. The molecule has 2 heterocycles. The summed E-state index contributed by atoms with van der Waals surface area (Å²) in [5.74, 6) is 1.73. The second-order valence-corrected chi connectivity index (χ2v) is 5.62. The van der Waals surface area contributed by atoms with Gasteiger partial charge >= 0.3 is 0 Å². The lowest BCUT2D eigenvalue weighted by Gasteiger charge is -2.14. The Morgan fingerprint density at radius 2 is 2.40 bits per heavy atom. The van der Waals surface area contributed by atoms with Crippen LogP contribution in [0.15, 0.2) is 18.2 Å². The van der Waals surface area contributed by atoms with Crippen LogP contribution in [0.25, 0.3) is 11.0 Å². The summed E-state index contributed by atoms with van der Waals surface area (Å²) in [4.78, 5) is 10.5. The van der Waals surface area contributed by atoms with Crippen LogP contribution in [0.1, 0.15) is 12.2 Å². The first-order valence-corrected chi connectivity index (χ1v) is 7.20. The van der Waals surface area contributed by atoms with Gasteiger partial charge in [-0.2, -0.15) is 0 Å². The molecule has 0 aliphatic carbocycles. The molecule has 5 heteroatoms. The summed E-state index contributed by atoms with van der Waals surface area (Å²) in [7, 11) is 1.78. The smallest absolute Gasteiger partial charge is 0.108 e. The van der Waals surface area contributed by atoms with Crippen molar-refractivity contribution in [2.24, 2.45) is 5.92 Å². The van der Waals surface area contributed by atoms with Gasteiger partial charge in [0.05, 0.1) is 17.6 Å². The van der Waals surface area contributed by atoms with E-state index in [-0.39, 0.29) is 0 Å². The molecule has 1 saturated heterocycles. The normalized spacial score (nSPS) is 19.9. The van der Waals surface area contributed by atoms with Gasteiger partial charge in [-0.25, -0.2) is 4.98 Å². The van der Waals surface area contributed by atoms with Gasteiger partial charge in [-0.3, -0.25) is 0 Å². The van der Waals surface area contributed by atoms with Gasteiger partial charge in [0.2, 0.25) is 0 Å². The number of hydrogen-bond acceptors (Lipinski definition) is 4. The first kappa shape index (κ1) is 13.4. The van der Waals surface area contributed by atoms with E-state index in [9.17, 15) is 0 Å². The fraction of sp³-hybridized carbons (Fsp3) is 0.533. The molecule has 0 radical (unpaired) electrons. The van der Waals surface area contributed by atoms with Crippen LogP contribution in [-0.2, 0) is 11.2 Å². The summed E-state index contributed by atoms with van der Waals surface area (Å²) in [5, 5.41) is 0. The van der Waals surface area contributed by atoms with Gasteiger partial charge in [-0.05, 0) is 37.1 Å². The van der Waals surface area contributed by atoms with Gasteiger partial charge in [0.25, 0.3) is 0 Å². The van der Waals surface area contributed by atoms with Crippen LogP contribution in [-0.4, -0.2) is 48.2 Å². The summed E-state index contributed by atoms with van der Waals surface area (Å²) >= 11 is 0. The van der Waals surface area contributed by atoms with E-state index in [0.717, 1.165) is 48.7 Å². The number of benzene rings is 1. The van der Waals surface area contributed by atoms with Crippen LogP contribution in [0.2, 0.25) is 0 Å². The predicted molar refractivity (Wildman–Crippen MR) is 80.6 cm³/mol. The van der Waals surface area contributed by atoms with Crippen molar-refractivity contribution in [2.45, 2.75) is 12.8 Å². The molecule has 0 spiro atoms. The third-order valence-electron chi connectivity index (χ3n) is 3.99. The quantitative estimate of drug-likeness (QED) is 0.814. The Bertz CT molecular complexity index is 580. The molecule has 108 valence electrons. The molecular weight excluding hydrogens is 252 g/mol. The molecule has 1 unspecified atom stereocenters. The van der Waals surface area contributed by atoms with Crippen molar-refractivity contribution in [1.82, 2.24) is 14.9 Å². The van der Waals surface area contributed by atoms with E-state index in [0.29, 0.717) is 5.92 Å². The van der Waals surface area contributed by atoms with Crippen LogP contribution in [0.5, 0.6) is 0 Å². The third kappa shape index (κ3) is 2.94. The first-order valence-electron chi connectivity index (χ1n) is 7.20. The zero-order valence-corrected chi connectivity index (χ0v) is 11.9. The van der Waals surface area contributed by atoms with Gasteiger partial charge in [0.15, 0.2) is 0 Å². The molecule has 0 amide bonds. The van der Waals surface area contributed by atoms with E-state index < -0.39 is 0 Å². The van der Waals surface area contributed by atoms with Crippen molar-refractivity contribution in [1.29, 1.82) is 0 Å². The molecule has 3 N–H and O–H groups in total. The van der Waals surface area contributed by atoms with Crippen molar-refractivity contribution in [3.63, 3.8) is 0 Å². The highest BCUT2D eigenvalue weighted by Crippen LogP contribution is 2.18. The number of aromatic amines is 1. The maximum Gasteiger partial charge on any atom is 0.108 e. The van der Waals surface area contributed by atoms with Gasteiger partial charge in [-0.1, -0.05) is 0 Å². The fourth-order valence-electron chi connectivity index (χ4n) is 2.95. The van der Waals surface area contributed by atoms with Crippen molar-refractivity contribution in [2.75, 3.05) is 39.1 Å². The standard InChI is InChI=1S/C15H22N4O/c1-20-10-11-4-6-19(9-11)7-5-15-17-13-3-2-12(16)8-14(13)18-15/h2-3,8,11H,4-7,9-10,16H2,1H3,(H,17,18). The lowest BCUT2D eigenvalue weighted by atomic mass is 10.1. The second-order valence-electron chi connectivity index (χ2n) is 5.62. The summed E-state index contributed by atoms with van der Waals surface area (Å²) in [6.07, 6.45) is 2.19. The molecule has 1 aromatic carbocycles. The largest absolute Gasteiger partial charge is 0.399 e. The average Bonchev–Trinajstić information content (AvgIpc) is 3.02. The van der Waals surface area contributed by atoms with Crippen LogP contribution in [0, 0.1) is 5.92 Å². The van der Waals surface area contributed by atoms with E-state index >= 15 is 0 Å². The second kappa shape index (κ2) is 5.81.